The van der Waals surface area contributed by atoms with Crippen LogP contribution < -0.4 is 0 Å². The summed E-state index contributed by atoms with van der Waals surface area (Å²) in [7, 11) is 1.75. The van der Waals surface area contributed by atoms with Crippen molar-refractivity contribution >= 4 is 12.4 Å². The Morgan fingerprint density at radius 1 is 1.71 bits per heavy atom. The number of aryl methyl sites for hydroxylation is 1. The molecule has 1 saturated carbocycles. The molecule has 0 aliphatic heterocycles. The van der Waals surface area contributed by atoms with Gasteiger partial charge in [0.25, 0.3) is 0 Å². The monoisotopic (exact) mass is 237 g/mol. The first-order valence-corrected chi connectivity index (χ1v) is 5.50. The van der Waals surface area contributed by atoms with Gasteiger partial charge >= 0.3 is 5.97 Å². The van der Waals surface area contributed by atoms with Gasteiger partial charge in [0.05, 0.1) is 6.20 Å². The number of hydrogen-bond acceptors (Lipinski definition) is 3. The fourth-order valence-corrected chi connectivity index (χ4v) is 1.94. The highest BCUT2D eigenvalue weighted by molar-refractivity contribution is 5.78. The summed E-state index contributed by atoms with van der Waals surface area (Å²) in [5, 5.41) is 13.3. The van der Waals surface area contributed by atoms with Crippen LogP contribution in [0.3, 0.4) is 0 Å². The minimum Gasteiger partial charge on any atom is -0.479 e. The number of carbonyl (C=O) groups is 2. The molecule has 1 heterocycles. The van der Waals surface area contributed by atoms with Crippen molar-refractivity contribution in [2.75, 3.05) is 0 Å². The summed E-state index contributed by atoms with van der Waals surface area (Å²) >= 11 is 0. The zero-order valence-electron chi connectivity index (χ0n) is 9.83. The van der Waals surface area contributed by atoms with Crippen LogP contribution in [0.4, 0.5) is 0 Å². The van der Waals surface area contributed by atoms with E-state index in [9.17, 15) is 14.7 Å². The zero-order valence-corrected chi connectivity index (χ0v) is 9.83. The summed E-state index contributed by atoms with van der Waals surface area (Å²) in [5.74, 6) is -1.01. The topological polar surface area (TPSA) is 75.4 Å². The van der Waals surface area contributed by atoms with Crippen molar-refractivity contribution in [2.45, 2.75) is 31.8 Å². The number of hydrogen-bond donors (Lipinski definition) is 1. The van der Waals surface area contributed by atoms with Crippen LogP contribution in [0, 0.1) is 6.92 Å². The molecule has 1 aliphatic rings. The molecule has 1 aromatic rings. The maximum absolute atomic E-state index is 11.4. The molecule has 0 spiro atoms. The van der Waals surface area contributed by atoms with E-state index in [4.69, 9.17) is 0 Å². The van der Waals surface area contributed by atoms with Gasteiger partial charge in [-0.2, -0.15) is 5.10 Å². The Morgan fingerprint density at radius 2 is 2.35 bits per heavy atom. The molecule has 1 aromatic heterocycles. The average Bonchev–Trinajstić information content (AvgIpc) is 3.06. The summed E-state index contributed by atoms with van der Waals surface area (Å²) in [4.78, 5) is 23.8. The van der Waals surface area contributed by atoms with Crippen molar-refractivity contribution in [1.82, 2.24) is 14.7 Å². The second kappa shape index (κ2) is 4.20. The number of carboxylic acid groups (broad SMARTS) is 1. The molecule has 0 saturated heterocycles. The third-order valence-electron chi connectivity index (χ3n) is 3.19. The highest BCUT2D eigenvalue weighted by Gasteiger charge is 2.38. The molecule has 2 rings (SSSR count). The van der Waals surface area contributed by atoms with Crippen LogP contribution >= 0.6 is 0 Å². The summed E-state index contributed by atoms with van der Waals surface area (Å²) in [6, 6.07) is -0.859. The zero-order chi connectivity index (χ0) is 12.6. The maximum atomic E-state index is 11.4. The summed E-state index contributed by atoms with van der Waals surface area (Å²) in [5.41, 5.74) is 1.35. The van der Waals surface area contributed by atoms with E-state index < -0.39 is 12.0 Å². The number of aliphatic carboxylic acids is 1. The normalized spacial score (nSPS) is 16.6. The predicted molar refractivity (Wildman–Crippen MR) is 59.2 cm³/mol. The van der Waals surface area contributed by atoms with E-state index in [2.05, 4.69) is 5.10 Å². The van der Waals surface area contributed by atoms with Gasteiger partial charge in [-0.1, -0.05) is 0 Å². The van der Waals surface area contributed by atoms with E-state index in [1.54, 1.807) is 18.7 Å². The highest BCUT2D eigenvalue weighted by atomic mass is 16.4. The lowest BCUT2D eigenvalue weighted by Crippen LogP contribution is -2.35. The number of amides is 1. The van der Waals surface area contributed by atoms with Crippen molar-refractivity contribution in [2.24, 2.45) is 7.05 Å². The first kappa shape index (κ1) is 11.6. The van der Waals surface area contributed by atoms with Crippen LogP contribution in [0.25, 0.3) is 0 Å². The SMILES string of the molecule is Cc1c(C(C(=O)O)N(C=O)C2CC2)cnn1C. The molecule has 1 amide bonds. The summed E-state index contributed by atoms with van der Waals surface area (Å²) < 4.78 is 1.61. The smallest absolute Gasteiger partial charge is 0.331 e. The van der Waals surface area contributed by atoms with E-state index in [1.165, 1.54) is 11.1 Å². The second-order valence-corrected chi connectivity index (χ2v) is 4.33. The van der Waals surface area contributed by atoms with Crippen LogP contribution in [-0.2, 0) is 16.6 Å². The van der Waals surface area contributed by atoms with Gasteiger partial charge in [0.2, 0.25) is 6.41 Å². The van der Waals surface area contributed by atoms with Crippen LogP contribution in [0.1, 0.15) is 30.1 Å². The van der Waals surface area contributed by atoms with E-state index >= 15 is 0 Å². The third-order valence-corrected chi connectivity index (χ3v) is 3.19. The van der Waals surface area contributed by atoms with Gasteiger partial charge < -0.3 is 10.0 Å². The average molecular weight is 237 g/mol. The molecule has 1 aliphatic carbocycles. The second-order valence-electron chi connectivity index (χ2n) is 4.33. The van der Waals surface area contributed by atoms with Crippen LogP contribution in [-0.4, -0.2) is 38.2 Å². The molecule has 0 bridgehead atoms. The molecule has 92 valence electrons. The molecule has 0 aromatic carbocycles. The van der Waals surface area contributed by atoms with E-state index in [0.717, 1.165) is 18.5 Å². The Kier molecular flexibility index (Phi) is 2.87. The number of nitrogens with zero attached hydrogens (tertiary/aromatic N) is 3. The molecule has 6 nitrogen and oxygen atoms in total. The van der Waals surface area contributed by atoms with Gasteiger partial charge in [-0.3, -0.25) is 9.48 Å². The molecule has 17 heavy (non-hydrogen) atoms. The Morgan fingerprint density at radius 3 is 2.71 bits per heavy atom. The Labute approximate surface area is 98.8 Å². The molecule has 1 atom stereocenters. The Balaban J connectivity index is 2.37. The molecule has 6 heteroatoms. The minimum absolute atomic E-state index is 0.0632. The van der Waals surface area contributed by atoms with Crippen LogP contribution in [0.5, 0.6) is 0 Å². The fraction of sp³-hybridized carbons (Fsp3) is 0.545. The lowest BCUT2D eigenvalue weighted by Gasteiger charge is -2.24. The summed E-state index contributed by atoms with van der Waals surface area (Å²) in [6.07, 6.45) is 3.90. The van der Waals surface area contributed by atoms with Gasteiger partial charge in [-0.05, 0) is 19.8 Å². The van der Waals surface area contributed by atoms with Crippen molar-refractivity contribution < 1.29 is 14.7 Å². The van der Waals surface area contributed by atoms with Gasteiger partial charge in [0, 0.05) is 24.3 Å². The van der Waals surface area contributed by atoms with Crippen molar-refractivity contribution in [3.8, 4) is 0 Å². The predicted octanol–water partition coefficient (Wildman–Crippen LogP) is 0.475. The Bertz CT molecular complexity index is 451. The van der Waals surface area contributed by atoms with Crippen LogP contribution in [0.15, 0.2) is 6.20 Å². The number of aromatic nitrogens is 2. The van der Waals surface area contributed by atoms with Crippen molar-refractivity contribution in [3.63, 3.8) is 0 Å². The molecule has 1 N–H and O–H groups in total. The first-order chi connectivity index (χ1) is 8.06. The molecular weight excluding hydrogens is 222 g/mol. The standard InChI is InChI=1S/C11H15N3O3/c1-7-9(5-12-13(7)2)10(11(16)17)14(6-15)8-3-4-8/h5-6,8,10H,3-4H2,1-2H3,(H,16,17). The van der Waals surface area contributed by atoms with Crippen molar-refractivity contribution in [3.05, 3.63) is 17.5 Å². The minimum atomic E-state index is -1.01. The van der Waals surface area contributed by atoms with Gasteiger partial charge in [0.1, 0.15) is 0 Å². The number of carbonyl (C=O) groups excluding carboxylic acids is 1. The van der Waals surface area contributed by atoms with E-state index in [0.29, 0.717) is 12.0 Å². The van der Waals surface area contributed by atoms with Crippen LogP contribution in [0.2, 0.25) is 0 Å². The molecule has 1 unspecified atom stereocenters. The fourth-order valence-electron chi connectivity index (χ4n) is 1.94. The maximum Gasteiger partial charge on any atom is 0.331 e. The first-order valence-electron chi connectivity index (χ1n) is 5.50. The van der Waals surface area contributed by atoms with Gasteiger partial charge in [0.15, 0.2) is 6.04 Å². The number of rotatable bonds is 5. The third kappa shape index (κ3) is 2.02. The quantitative estimate of drug-likeness (QED) is 0.755. The highest BCUT2D eigenvalue weighted by Crippen LogP contribution is 2.34. The molecular formula is C11H15N3O3. The largest absolute Gasteiger partial charge is 0.479 e. The lowest BCUT2D eigenvalue weighted by atomic mass is 10.1. The van der Waals surface area contributed by atoms with Gasteiger partial charge in [-0.25, -0.2) is 4.79 Å². The van der Waals surface area contributed by atoms with E-state index in [1.807, 2.05) is 0 Å². The lowest BCUT2D eigenvalue weighted by molar-refractivity contribution is -0.147. The molecule has 1 fully saturated rings. The van der Waals surface area contributed by atoms with E-state index in [-0.39, 0.29) is 6.04 Å². The Hall–Kier alpha value is -1.85. The number of carboxylic acids is 1. The summed E-state index contributed by atoms with van der Waals surface area (Å²) in [6.45, 7) is 1.80. The van der Waals surface area contributed by atoms with Crippen molar-refractivity contribution in [1.29, 1.82) is 0 Å². The molecule has 0 radical (unpaired) electrons. The van der Waals surface area contributed by atoms with Gasteiger partial charge in [-0.15, -0.1) is 0 Å².